The molecule has 686 valence electrons. The van der Waals surface area contributed by atoms with Crippen LogP contribution in [0.1, 0.15) is 230 Å². The van der Waals surface area contributed by atoms with E-state index in [4.69, 9.17) is 21.3 Å². The number of carbonyl (C=O) groups is 16. The number of rotatable bonds is 31. The molecule has 44 heteroatoms. The fourth-order valence-electron chi connectivity index (χ4n) is 14.6. The number of aldehydes is 2. The molecular formula is C90H86BrN25O18. The van der Waals surface area contributed by atoms with E-state index in [1.54, 1.807) is 192 Å². The quantitative estimate of drug-likeness (QED) is 0.00777. The van der Waals surface area contributed by atoms with Crippen LogP contribution < -0.4 is 0 Å². The molecule has 0 atom stereocenters. The molecule has 0 saturated heterocycles. The number of alkyl halides is 1. The van der Waals surface area contributed by atoms with Crippen LogP contribution in [0, 0.1) is 0 Å². The Morgan fingerprint density at radius 2 is 0.455 bits per heavy atom. The molecule has 7 aliphatic rings. The number of hydrogen-bond donors (Lipinski definition) is 2. The van der Waals surface area contributed by atoms with Gasteiger partial charge in [0.05, 0.1) is 116 Å². The van der Waals surface area contributed by atoms with Crippen molar-refractivity contribution in [3.05, 3.63) is 316 Å². The highest BCUT2D eigenvalue weighted by Gasteiger charge is 2.41. The topological polar surface area (TPSA) is 557 Å². The summed E-state index contributed by atoms with van der Waals surface area (Å²) in [7, 11) is 0. The van der Waals surface area contributed by atoms with Crippen LogP contribution in [0.4, 0.5) is 0 Å². The summed E-state index contributed by atoms with van der Waals surface area (Å²) in [6.07, 6.45) is 11.6. The molecule has 14 amide bonds. The number of benzene rings is 7. The monoisotopic (exact) mass is 1880 g/mol. The summed E-state index contributed by atoms with van der Waals surface area (Å²) in [6.45, 7) is 4.61. The molecule has 2 N–H and O–H groups in total. The van der Waals surface area contributed by atoms with Crippen LogP contribution >= 0.6 is 15.9 Å². The van der Waals surface area contributed by atoms with Crippen LogP contribution in [0.5, 0.6) is 0 Å². The van der Waals surface area contributed by atoms with E-state index in [1.165, 1.54) is 56.1 Å². The van der Waals surface area contributed by atoms with Crippen LogP contribution in [-0.2, 0) is 39.4 Å². The summed E-state index contributed by atoms with van der Waals surface area (Å²) in [5.74, 6) is -3.45. The van der Waals surface area contributed by atoms with Gasteiger partial charge in [-0.15, -0.1) is 20.4 Å². The Hall–Kier alpha value is -16.6. The number of hydrogen-bond acceptors (Lipinski definition) is 28. The minimum Gasteiger partial charge on any atom is -0.390 e. The van der Waals surface area contributed by atoms with Crippen molar-refractivity contribution in [3.8, 4) is 0 Å². The van der Waals surface area contributed by atoms with E-state index in [1.807, 2.05) is 0 Å². The molecule has 0 saturated carbocycles. The van der Waals surface area contributed by atoms with Crippen LogP contribution in [0.2, 0.25) is 0 Å². The predicted octanol–water partition coefficient (Wildman–Crippen LogP) is 9.14. The molecule has 4 aromatic heterocycles. The summed E-state index contributed by atoms with van der Waals surface area (Å²) in [5, 5.41) is 55.4. The zero-order valence-electron chi connectivity index (χ0n) is 70.9. The summed E-state index contributed by atoms with van der Waals surface area (Å²) < 4.78 is 6.21. The summed E-state index contributed by atoms with van der Waals surface area (Å²) in [6, 6.07) is 47.7. The Bertz CT molecular complexity index is 5830. The van der Waals surface area contributed by atoms with E-state index in [2.05, 4.69) is 77.2 Å². The Balaban J connectivity index is 0.000000151. The van der Waals surface area contributed by atoms with Gasteiger partial charge in [0.15, 0.2) is 12.6 Å². The summed E-state index contributed by atoms with van der Waals surface area (Å²) in [5.41, 5.74) is 24.2. The molecular weight excluding hydrogens is 1800 g/mol. The van der Waals surface area contributed by atoms with Crippen LogP contribution in [0.3, 0.4) is 0 Å². The fraction of sp³-hybridized carbons (Fsp3) is 0.267. The molecule has 18 rings (SSSR count). The molecule has 0 aliphatic carbocycles. The highest BCUT2D eigenvalue weighted by molar-refractivity contribution is 9.09. The average molecular weight is 1890 g/mol. The number of aromatic nitrogens is 12. The van der Waals surface area contributed by atoms with Crippen molar-refractivity contribution in [1.82, 2.24) is 94.3 Å². The van der Waals surface area contributed by atoms with Gasteiger partial charge in [-0.25, -0.2) is 0 Å². The number of aliphatic hydroxyl groups is 2. The van der Waals surface area contributed by atoms with Crippen LogP contribution in [0.25, 0.3) is 20.9 Å². The number of nitrogens with zero attached hydrogens (tertiary/aromatic N) is 25. The number of aliphatic hydroxyl groups excluding tert-OH is 2. The van der Waals surface area contributed by atoms with Crippen molar-refractivity contribution < 1.29 is 86.9 Å². The first-order chi connectivity index (χ1) is 64.6. The van der Waals surface area contributed by atoms with Crippen LogP contribution in [0.15, 0.2) is 205 Å². The summed E-state index contributed by atoms with van der Waals surface area (Å²) in [4.78, 5) is 203. The van der Waals surface area contributed by atoms with Gasteiger partial charge in [-0.1, -0.05) is 139 Å². The number of aryl methyl sites for hydroxylation is 4. The van der Waals surface area contributed by atoms with Crippen molar-refractivity contribution in [2.75, 3.05) is 64.2 Å². The molecule has 7 aromatic carbocycles. The number of carbonyl (C=O) groups excluding carboxylic acids is 16. The lowest BCUT2D eigenvalue weighted by atomic mass is 10.1. The zero-order chi connectivity index (χ0) is 94.6. The van der Waals surface area contributed by atoms with Crippen molar-refractivity contribution in [3.63, 3.8) is 0 Å². The Kier molecular flexibility index (Phi) is 34.5. The fourth-order valence-corrected chi connectivity index (χ4v) is 14.8. The van der Waals surface area contributed by atoms with Crippen molar-refractivity contribution in [1.29, 1.82) is 0 Å². The lowest BCUT2D eigenvalue weighted by Gasteiger charge is -2.13. The first-order valence-corrected chi connectivity index (χ1v) is 42.6. The maximum atomic E-state index is 12.1. The number of fused-ring (bicyclic) bond motifs is 7. The lowest BCUT2D eigenvalue weighted by Crippen LogP contribution is -2.31. The van der Waals surface area contributed by atoms with Gasteiger partial charge in [-0.3, -0.25) is 130 Å². The van der Waals surface area contributed by atoms with Gasteiger partial charge in [-0.2, -0.15) is 0 Å². The molecule has 0 fully saturated rings. The maximum absolute atomic E-state index is 12.1. The van der Waals surface area contributed by atoms with Crippen molar-refractivity contribution in [2.24, 2.45) is 10.2 Å². The molecule has 0 radical (unpaired) electrons. The van der Waals surface area contributed by atoms with E-state index in [0.29, 0.717) is 199 Å². The van der Waals surface area contributed by atoms with E-state index in [-0.39, 0.29) is 141 Å². The third-order valence-electron chi connectivity index (χ3n) is 21.0. The molecule has 7 aliphatic heterocycles. The first-order valence-electron chi connectivity index (χ1n) is 41.5. The van der Waals surface area contributed by atoms with Gasteiger partial charge in [-0.05, 0) is 141 Å². The molecule has 0 unspecified atom stereocenters. The average Bonchev–Trinajstić information content (AvgIpc) is 1.67. The molecule has 0 bridgehead atoms. The smallest absolute Gasteiger partial charge is 0.261 e. The second-order valence-corrected chi connectivity index (χ2v) is 30.3. The molecule has 11 aromatic rings. The highest BCUT2D eigenvalue weighted by atomic mass is 79.9. The number of imide groups is 7. The number of amides is 14. The summed E-state index contributed by atoms with van der Waals surface area (Å²) >= 11 is 3.28. The standard InChI is InChI=1S/2C14H14N4O3.2C14H12N4O3.C11H10BrNO2.2C11H10N4O2.CH4/c4*19-9-10-8-17(16-15-10)6-3-7-18-13(20)11-4-1-2-5-12(11)14(18)21;12-6-3-7-13-10(14)8-4-1-2-5-9(8)11(13)15;2*12-14-13-6-3-7-15-10(16)8-4-1-2-5-9(8)11(15)17;/h2*1-2,4-5,8,19H,3,6-7,9H2;2*1-2,4-5,8-9H,3,6-7H2;1-2,4-5H,3,6-7H2;2*1-2,4-5H,3,6-7H2;1H4. The highest BCUT2D eigenvalue weighted by Crippen LogP contribution is 2.30. The SMILES string of the molecule is C.O=C1c2ccccc2C(=O)N1CCCBr.O=C1c2ccccc2C(=O)N1CCCn1cc(CO)nn1.O=C1c2ccccc2C(=O)N1CCCn1cc(CO)nn1.O=Cc1cn(CCCN2C(=O)c3ccccc3C2=O)nn1.O=Cc1cn(CCCN2C(=O)c3ccccc3C2=O)nn1.[N-]=[N+]=NCCCN1C(=O)c2ccccc2C1=O.[N-]=[N+]=NCCCN1C(=O)c2ccccc2C1=O. The second kappa shape index (κ2) is 47.1. The lowest BCUT2D eigenvalue weighted by molar-refractivity contribution is 0.0634. The Labute approximate surface area is 770 Å². The third-order valence-corrected chi connectivity index (χ3v) is 21.6. The van der Waals surface area contributed by atoms with Crippen molar-refractivity contribution in [2.45, 2.75) is 91.8 Å². The van der Waals surface area contributed by atoms with Crippen molar-refractivity contribution >= 4 is 111 Å². The Morgan fingerprint density at radius 3 is 0.619 bits per heavy atom. The van der Waals surface area contributed by atoms with E-state index < -0.39 is 0 Å². The normalized spacial score (nSPS) is 13.7. The Morgan fingerprint density at radius 1 is 0.276 bits per heavy atom. The molecule has 0 spiro atoms. The molecule has 43 nitrogen and oxygen atoms in total. The zero-order valence-corrected chi connectivity index (χ0v) is 72.5. The van der Waals surface area contributed by atoms with Crippen LogP contribution in [-0.4, -0.2) is 264 Å². The van der Waals surface area contributed by atoms with Gasteiger partial charge >= 0.3 is 0 Å². The van der Waals surface area contributed by atoms with E-state index in [9.17, 15) is 76.7 Å². The predicted molar refractivity (Wildman–Crippen MR) is 476 cm³/mol. The third kappa shape index (κ3) is 23.0. The van der Waals surface area contributed by atoms with E-state index >= 15 is 0 Å². The van der Waals surface area contributed by atoms with E-state index in [0.717, 1.165) is 11.8 Å². The first kappa shape index (κ1) is 98.0. The second-order valence-electron chi connectivity index (χ2n) is 29.5. The minimum absolute atomic E-state index is 0. The van der Waals surface area contributed by atoms with Gasteiger partial charge in [0.2, 0.25) is 0 Å². The largest absolute Gasteiger partial charge is 0.390 e. The number of azide groups is 2. The van der Waals surface area contributed by atoms with Gasteiger partial charge < -0.3 is 10.2 Å². The van der Waals surface area contributed by atoms with Gasteiger partial charge in [0.25, 0.3) is 82.7 Å². The van der Waals surface area contributed by atoms with Gasteiger partial charge in [0, 0.05) is 100 Å². The molecule has 134 heavy (non-hydrogen) atoms. The molecule has 11 heterocycles. The minimum atomic E-state index is -0.272. The number of halogens is 1. The maximum Gasteiger partial charge on any atom is 0.261 e. The van der Waals surface area contributed by atoms with Gasteiger partial charge in [0.1, 0.15) is 22.8 Å².